The molecule has 0 rings (SSSR count). The number of nitrogens with one attached hydrogen (secondary N) is 1. The lowest BCUT2D eigenvalue weighted by atomic mass is 10.1. The zero-order valence-electron chi connectivity index (χ0n) is 6.53. The lowest BCUT2D eigenvalue weighted by molar-refractivity contribution is -0.116. The maximum absolute atomic E-state index is 10.8. The molecular weight excluding hydrogens is 126 g/mol. The molecule has 0 bridgehead atoms. The van der Waals surface area contributed by atoms with Gasteiger partial charge in [-0.3, -0.25) is 4.79 Å². The van der Waals surface area contributed by atoms with Crippen molar-refractivity contribution in [2.45, 2.75) is 13.3 Å². The lowest BCUT2D eigenvalue weighted by Gasteiger charge is -2.03. The van der Waals surface area contributed by atoms with Gasteiger partial charge in [-0.2, -0.15) is 0 Å². The van der Waals surface area contributed by atoms with E-state index in [2.05, 4.69) is 18.5 Å². The van der Waals surface area contributed by atoms with Crippen molar-refractivity contribution in [1.29, 1.82) is 0 Å². The smallest absolute Gasteiger partial charge is 0.250 e. The van der Waals surface area contributed by atoms with Gasteiger partial charge in [-0.1, -0.05) is 20.1 Å². The monoisotopic (exact) mass is 139 g/mol. The largest absolute Gasteiger partial charge is 0.355 e. The molecule has 0 radical (unpaired) electrons. The van der Waals surface area contributed by atoms with Gasteiger partial charge in [0.1, 0.15) is 0 Å². The molecule has 0 heterocycles. The zero-order valence-corrected chi connectivity index (χ0v) is 6.53. The Morgan fingerprint density at radius 2 is 2.00 bits per heavy atom. The molecule has 1 amide bonds. The second kappa shape index (κ2) is 3.88. The van der Waals surface area contributed by atoms with Crippen LogP contribution < -0.4 is 5.32 Å². The Labute approximate surface area is 61.6 Å². The highest BCUT2D eigenvalue weighted by Gasteiger charge is 2.05. The van der Waals surface area contributed by atoms with E-state index in [4.69, 9.17) is 0 Å². The third-order valence-corrected chi connectivity index (χ3v) is 1.35. The predicted molar refractivity (Wildman–Crippen MR) is 42.6 cm³/mol. The third kappa shape index (κ3) is 2.05. The number of rotatable bonds is 3. The average Bonchev–Trinajstić information content (AvgIpc) is 2.00. The summed E-state index contributed by atoms with van der Waals surface area (Å²) in [5.41, 5.74) is 1.27. The molecule has 10 heavy (non-hydrogen) atoms. The number of hydrogen-bond acceptors (Lipinski definition) is 1. The molecule has 1 N–H and O–H groups in total. The molecule has 0 aromatic heterocycles. The Kier molecular flexibility index (Phi) is 3.47. The highest BCUT2D eigenvalue weighted by atomic mass is 16.1. The molecule has 0 fully saturated rings. The van der Waals surface area contributed by atoms with E-state index in [-0.39, 0.29) is 5.91 Å². The number of likely N-dealkylation sites (N-methyl/N-ethyl adjacent to an activating group) is 1. The summed E-state index contributed by atoms with van der Waals surface area (Å²) in [6, 6.07) is 0. The summed E-state index contributed by atoms with van der Waals surface area (Å²) in [7, 11) is 1.58. The first-order chi connectivity index (χ1) is 4.63. The van der Waals surface area contributed by atoms with Gasteiger partial charge in [0.05, 0.1) is 0 Å². The SMILES string of the molecule is C=C(CC)C(=C)C(=O)NC. The first kappa shape index (κ1) is 8.95. The Hall–Kier alpha value is -1.05. The molecule has 0 aliphatic rings. The lowest BCUT2D eigenvalue weighted by Crippen LogP contribution is -2.20. The van der Waals surface area contributed by atoms with E-state index >= 15 is 0 Å². The van der Waals surface area contributed by atoms with Crippen LogP contribution in [0.4, 0.5) is 0 Å². The molecule has 0 aliphatic carbocycles. The number of amides is 1. The summed E-state index contributed by atoms with van der Waals surface area (Å²) in [6.07, 6.45) is 0.770. The average molecular weight is 139 g/mol. The quantitative estimate of drug-likeness (QED) is 0.463. The zero-order chi connectivity index (χ0) is 8.15. The van der Waals surface area contributed by atoms with Gasteiger partial charge in [-0.25, -0.2) is 0 Å². The van der Waals surface area contributed by atoms with Gasteiger partial charge in [-0.15, -0.1) is 0 Å². The van der Waals surface area contributed by atoms with Gasteiger partial charge in [0, 0.05) is 12.6 Å². The van der Waals surface area contributed by atoms with E-state index in [1.807, 2.05) is 6.92 Å². The number of hydrogen-bond donors (Lipinski definition) is 1. The van der Waals surface area contributed by atoms with Crippen LogP contribution in [0.15, 0.2) is 24.3 Å². The van der Waals surface area contributed by atoms with Crippen LogP contribution in [0.1, 0.15) is 13.3 Å². The van der Waals surface area contributed by atoms with Crippen LogP contribution in [0, 0.1) is 0 Å². The molecule has 0 unspecified atom stereocenters. The van der Waals surface area contributed by atoms with Crippen molar-refractivity contribution >= 4 is 5.91 Å². The van der Waals surface area contributed by atoms with Crippen LogP contribution in [0.25, 0.3) is 0 Å². The summed E-state index contributed by atoms with van der Waals surface area (Å²) in [5.74, 6) is -0.146. The second-order valence-corrected chi connectivity index (χ2v) is 2.01. The molecule has 0 atom stereocenters. The minimum absolute atomic E-state index is 0.146. The first-order valence-electron chi connectivity index (χ1n) is 3.22. The van der Waals surface area contributed by atoms with Crippen LogP contribution in [0.3, 0.4) is 0 Å². The fraction of sp³-hybridized carbons (Fsp3) is 0.375. The second-order valence-electron chi connectivity index (χ2n) is 2.01. The van der Waals surface area contributed by atoms with E-state index in [0.29, 0.717) is 5.57 Å². The molecule has 0 saturated carbocycles. The molecule has 0 aliphatic heterocycles. The van der Waals surface area contributed by atoms with Gasteiger partial charge in [0.2, 0.25) is 0 Å². The van der Waals surface area contributed by atoms with Gasteiger partial charge in [0.15, 0.2) is 0 Å². The van der Waals surface area contributed by atoms with Crippen LogP contribution in [-0.4, -0.2) is 13.0 Å². The van der Waals surface area contributed by atoms with Crippen molar-refractivity contribution in [3.63, 3.8) is 0 Å². The predicted octanol–water partition coefficient (Wildman–Crippen LogP) is 1.25. The minimum atomic E-state index is -0.146. The first-order valence-corrected chi connectivity index (χ1v) is 3.22. The number of carbonyl (C=O) groups excluding carboxylic acids is 1. The molecule has 2 nitrogen and oxygen atoms in total. The molecule has 56 valence electrons. The Morgan fingerprint density at radius 3 is 2.30 bits per heavy atom. The van der Waals surface area contributed by atoms with Crippen LogP contribution in [-0.2, 0) is 4.79 Å². The fourth-order valence-corrected chi connectivity index (χ4v) is 0.525. The van der Waals surface area contributed by atoms with E-state index in [0.717, 1.165) is 12.0 Å². The maximum Gasteiger partial charge on any atom is 0.250 e. The number of carbonyl (C=O) groups is 1. The normalized spacial score (nSPS) is 8.60. The fourth-order valence-electron chi connectivity index (χ4n) is 0.525. The molecule has 0 spiro atoms. The molecule has 0 aromatic rings. The summed E-state index contributed by atoms with van der Waals surface area (Å²) in [5, 5.41) is 2.48. The third-order valence-electron chi connectivity index (χ3n) is 1.35. The standard InChI is InChI=1S/C8H13NO/c1-5-6(2)7(3)8(10)9-4/h2-3,5H2,1,4H3,(H,9,10). The van der Waals surface area contributed by atoms with Crippen molar-refractivity contribution in [2.24, 2.45) is 0 Å². The molecule has 0 aromatic carbocycles. The summed E-state index contributed by atoms with van der Waals surface area (Å²) >= 11 is 0. The van der Waals surface area contributed by atoms with Crippen molar-refractivity contribution in [3.8, 4) is 0 Å². The highest BCUT2D eigenvalue weighted by Crippen LogP contribution is 2.07. The van der Waals surface area contributed by atoms with Gasteiger partial charge < -0.3 is 5.32 Å². The van der Waals surface area contributed by atoms with Crippen LogP contribution in [0.5, 0.6) is 0 Å². The Bertz CT molecular complexity index is 152. The Balaban J connectivity index is 4.09. The van der Waals surface area contributed by atoms with Crippen LogP contribution in [0.2, 0.25) is 0 Å². The molecule has 2 heteroatoms. The van der Waals surface area contributed by atoms with Crippen molar-refractivity contribution in [1.82, 2.24) is 5.32 Å². The topological polar surface area (TPSA) is 29.1 Å². The van der Waals surface area contributed by atoms with Crippen molar-refractivity contribution < 1.29 is 4.79 Å². The summed E-state index contributed by atoms with van der Waals surface area (Å²) in [6.45, 7) is 9.21. The van der Waals surface area contributed by atoms with Gasteiger partial charge in [-0.05, 0) is 12.0 Å². The summed E-state index contributed by atoms with van der Waals surface area (Å²) in [4.78, 5) is 10.8. The minimum Gasteiger partial charge on any atom is -0.355 e. The summed E-state index contributed by atoms with van der Waals surface area (Å²) < 4.78 is 0. The van der Waals surface area contributed by atoms with Gasteiger partial charge >= 0.3 is 0 Å². The van der Waals surface area contributed by atoms with Crippen molar-refractivity contribution in [2.75, 3.05) is 7.05 Å². The van der Waals surface area contributed by atoms with Crippen LogP contribution >= 0.6 is 0 Å². The van der Waals surface area contributed by atoms with E-state index in [1.54, 1.807) is 7.05 Å². The maximum atomic E-state index is 10.8. The highest BCUT2D eigenvalue weighted by molar-refractivity contribution is 5.96. The van der Waals surface area contributed by atoms with Gasteiger partial charge in [0.25, 0.3) is 5.91 Å². The molecular formula is C8H13NO. The van der Waals surface area contributed by atoms with E-state index in [9.17, 15) is 4.79 Å². The van der Waals surface area contributed by atoms with E-state index in [1.165, 1.54) is 0 Å². The Morgan fingerprint density at radius 1 is 1.50 bits per heavy atom. The van der Waals surface area contributed by atoms with Crippen molar-refractivity contribution in [3.05, 3.63) is 24.3 Å². The van der Waals surface area contributed by atoms with E-state index < -0.39 is 0 Å². The molecule has 0 saturated heterocycles.